The third-order valence-electron chi connectivity index (χ3n) is 4.48. The molecular formula is C15H20N6O3. The van der Waals surface area contributed by atoms with Gasteiger partial charge in [0.25, 0.3) is 5.91 Å². The molecule has 0 bridgehead atoms. The summed E-state index contributed by atoms with van der Waals surface area (Å²) in [5.41, 5.74) is 1.94. The summed E-state index contributed by atoms with van der Waals surface area (Å²) in [4.78, 5) is 25.7. The van der Waals surface area contributed by atoms with Crippen LogP contribution < -0.4 is 0 Å². The Kier molecular flexibility index (Phi) is 4.32. The number of hydrogen-bond donors (Lipinski definition) is 2. The zero-order valence-electron chi connectivity index (χ0n) is 13.6. The van der Waals surface area contributed by atoms with Crippen LogP contribution in [0.1, 0.15) is 41.0 Å². The summed E-state index contributed by atoms with van der Waals surface area (Å²) in [6, 6.07) is 0. The first-order valence-electron chi connectivity index (χ1n) is 7.90. The lowest BCUT2D eigenvalue weighted by Gasteiger charge is -2.15. The van der Waals surface area contributed by atoms with Gasteiger partial charge in [-0.25, -0.2) is 0 Å². The monoisotopic (exact) mass is 332 g/mol. The maximum atomic E-state index is 12.8. The molecule has 2 aromatic rings. The van der Waals surface area contributed by atoms with Gasteiger partial charge in [-0.2, -0.15) is 20.5 Å². The second kappa shape index (κ2) is 6.42. The maximum Gasteiger partial charge on any atom is 0.303 e. The highest BCUT2D eigenvalue weighted by Crippen LogP contribution is 2.34. The molecule has 1 fully saturated rings. The number of rotatable bonds is 5. The molecule has 2 N–H and O–H groups in total. The number of aromatic nitrogens is 5. The highest BCUT2D eigenvalue weighted by atomic mass is 16.4. The molecule has 2 aromatic heterocycles. The van der Waals surface area contributed by atoms with Crippen molar-refractivity contribution in [1.29, 1.82) is 0 Å². The molecule has 9 heteroatoms. The minimum atomic E-state index is -0.877. The van der Waals surface area contributed by atoms with Crippen molar-refractivity contribution < 1.29 is 14.7 Å². The van der Waals surface area contributed by atoms with E-state index in [0.29, 0.717) is 36.6 Å². The number of hydrogen-bond acceptors (Lipinski definition) is 5. The molecule has 0 radical (unpaired) electrons. The van der Waals surface area contributed by atoms with E-state index >= 15 is 0 Å². The number of nitrogens with one attached hydrogen (secondary N) is 1. The summed E-state index contributed by atoms with van der Waals surface area (Å²) in [5, 5.41) is 23.9. The Balaban J connectivity index is 1.82. The van der Waals surface area contributed by atoms with Gasteiger partial charge in [0.15, 0.2) is 0 Å². The van der Waals surface area contributed by atoms with Gasteiger partial charge in [0, 0.05) is 31.7 Å². The Morgan fingerprint density at radius 3 is 2.79 bits per heavy atom. The van der Waals surface area contributed by atoms with Crippen LogP contribution in [-0.4, -0.2) is 60.2 Å². The number of carbonyl (C=O) groups is 2. The van der Waals surface area contributed by atoms with E-state index in [2.05, 4.69) is 20.5 Å². The van der Waals surface area contributed by atoms with Crippen LogP contribution in [0.4, 0.5) is 0 Å². The van der Waals surface area contributed by atoms with Gasteiger partial charge in [0.05, 0.1) is 29.6 Å². The van der Waals surface area contributed by atoms with E-state index < -0.39 is 5.97 Å². The van der Waals surface area contributed by atoms with Crippen molar-refractivity contribution in [1.82, 2.24) is 30.1 Å². The average molecular weight is 332 g/mol. The third kappa shape index (κ3) is 3.01. The van der Waals surface area contributed by atoms with Crippen LogP contribution in [0.15, 0.2) is 12.4 Å². The van der Waals surface area contributed by atoms with Crippen molar-refractivity contribution in [3.8, 4) is 0 Å². The summed E-state index contributed by atoms with van der Waals surface area (Å²) in [6.45, 7) is 5.27. The Bertz CT molecular complexity index is 738. The first-order valence-corrected chi connectivity index (χ1v) is 7.90. The van der Waals surface area contributed by atoms with Gasteiger partial charge in [-0.05, 0) is 19.8 Å². The maximum absolute atomic E-state index is 12.8. The number of aromatic amines is 1. The van der Waals surface area contributed by atoms with E-state index in [4.69, 9.17) is 5.11 Å². The molecule has 1 amide bonds. The molecule has 2 atom stereocenters. The van der Waals surface area contributed by atoms with E-state index in [9.17, 15) is 9.59 Å². The Labute approximate surface area is 138 Å². The fraction of sp³-hybridized carbons (Fsp3) is 0.533. The van der Waals surface area contributed by atoms with Gasteiger partial charge in [0.2, 0.25) is 0 Å². The van der Waals surface area contributed by atoms with Gasteiger partial charge in [-0.1, -0.05) is 0 Å². The van der Waals surface area contributed by atoms with E-state index in [1.807, 2.05) is 6.92 Å². The number of aryl methyl sites for hydroxylation is 2. The second-order valence-electron chi connectivity index (χ2n) is 6.05. The molecule has 0 aliphatic carbocycles. The van der Waals surface area contributed by atoms with Crippen molar-refractivity contribution in [3.63, 3.8) is 0 Å². The van der Waals surface area contributed by atoms with Crippen LogP contribution in [-0.2, 0) is 11.3 Å². The lowest BCUT2D eigenvalue weighted by Crippen LogP contribution is -2.29. The molecule has 1 aliphatic heterocycles. The standard InChI is InChI=1S/C15H20N6O3/c1-3-21-8-11(9(2)18-21)15(24)20-6-10(4-14(22)23)12(7-20)13-5-16-19-17-13/h5,8,10,12H,3-4,6-7H2,1-2H3,(H,22,23)(H,16,17,19)/t10-,12+/m1/s1. The molecule has 0 aromatic carbocycles. The summed E-state index contributed by atoms with van der Waals surface area (Å²) in [7, 11) is 0. The Hall–Kier alpha value is -2.71. The Morgan fingerprint density at radius 2 is 2.21 bits per heavy atom. The largest absolute Gasteiger partial charge is 0.481 e. The second-order valence-corrected chi connectivity index (χ2v) is 6.05. The van der Waals surface area contributed by atoms with Gasteiger partial charge >= 0.3 is 5.97 Å². The molecule has 1 aliphatic rings. The number of amides is 1. The number of aliphatic carboxylic acids is 1. The van der Waals surface area contributed by atoms with Crippen LogP contribution in [0.3, 0.4) is 0 Å². The fourth-order valence-corrected chi connectivity index (χ4v) is 3.25. The number of nitrogens with zero attached hydrogens (tertiary/aromatic N) is 5. The summed E-state index contributed by atoms with van der Waals surface area (Å²) in [6.07, 6.45) is 3.33. The van der Waals surface area contributed by atoms with Crippen molar-refractivity contribution in [2.45, 2.75) is 32.7 Å². The molecule has 3 heterocycles. The molecule has 0 saturated carbocycles. The minimum absolute atomic E-state index is 0.00545. The first kappa shape index (κ1) is 16.2. The van der Waals surface area contributed by atoms with Gasteiger partial charge in [0.1, 0.15) is 0 Å². The lowest BCUT2D eigenvalue weighted by atomic mass is 9.91. The van der Waals surface area contributed by atoms with Crippen LogP contribution in [0.25, 0.3) is 0 Å². The smallest absolute Gasteiger partial charge is 0.303 e. The molecule has 9 nitrogen and oxygen atoms in total. The summed E-state index contributed by atoms with van der Waals surface area (Å²) in [5.74, 6) is -1.31. The van der Waals surface area contributed by atoms with Gasteiger partial charge < -0.3 is 10.0 Å². The zero-order valence-corrected chi connectivity index (χ0v) is 13.6. The lowest BCUT2D eigenvalue weighted by molar-refractivity contribution is -0.138. The van der Waals surface area contributed by atoms with Crippen LogP contribution >= 0.6 is 0 Å². The van der Waals surface area contributed by atoms with E-state index in [-0.39, 0.29) is 24.2 Å². The number of H-pyrrole nitrogens is 1. The van der Waals surface area contributed by atoms with E-state index in [1.54, 1.807) is 28.9 Å². The number of carbonyl (C=O) groups excluding carboxylic acids is 1. The third-order valence-corrected chi connectivity index (χ3v) is 4.48. The van der Waals surface area contributed by atoms with Crippen molar-refractivity contribution in [3.05, 3.63) is 29.3 Å². The predicted molar refractivity (Wildman–Crippen MR) is 83.4 cm³/mol. The van der Waals surface area contributed by atoms with Crippen LogP contribution in [0.5, 0.6) is 0 Å². The molecule has 1 saturated heterocycles. The zero-order chi connectivity index (χ0) is 17.3. The Morgan fingerprint density at radius 1 is 1.42 bits per heavy atom. The number of likely N-dealkylation sites (tertiary alicyclic amines) is 1. The van der Waals surface area contributed by atoms with Crippen molar-refractivity contribution >= 4 is 11.9 Å². The predicted octanol–water partition coefficient (Wildman–Crippen LogP) is 0.660. The molecular weight excluding hydrogens is 312 g/mol. The summed E-state index contributed by atoms with van der Waals surface area (Å²) < 4.78 is 1.72. The summed E-state index contributed by atoms with van der Waals surface area (Å²) >= 11 is 0. The van der Waals surface area contributed by atoms with Gasteiger partial charge in [-0.3, -0.25) is 14.3 Å². The van der Waals surface area contributed by atoms with E-state index in [0.717, 1.165) is 0 Å². The van der Waals surface area contributed by atoms with Gasteiger partial charge in [-0.15, -0.1) is 0 Å². The average Bonchev–Trinajstić information content (AvgIpc) is 3.24. The van der Waals surface area contributed by atoms with Crippen molar-refractivity contribution in [2.24, 2.45) is 5.92 Å². The number of carboxylic acids is 1. The quantitative estimate of drug-likeness (QED) is 0.830. The number of carboxylic acid groups (broad SMARTS) is 1. The highest BCUT2D eigenvalue weighted by Gasteiger charge is 2.39. The molecule has 128 valence electrons. The SMILES string of the molecule is CCn1cc(C(=O)N2C[C@@H](CC(=O)O)[C@@H](c3cn[nH]n3)C2)c(C)n1. The molecule has 24 heavy (non-hydrogen) atoms. The van der Waals surface area contributed by atoms with Crippen LogP contribution in [0, 0.1) is 12.8 Å². The normalized spacial score (nSPS) is 20.5. The minimum Gasteiger partial charge on any atom is -0.481 e. The molecule has 3 rings (SSSR count). The topological polar surface area (TPSA) is 117 Å². The van der Waals surface area contributed by atoms with Crippen molar-refractivity contribution in [2.75, 3.05) is 13.1 Å². The van der Waals surface area contributed by atoms with E-state index in [1.165, 1.54) is 0 Å². The first-order chi connectivity index (χ1) is 11.5. The fourth-order valence-electron chi connectivity index (χ4n) is 3.25. The highest BCUT2D eigenvalue weighted by molar-refractivity contribution is 5.95. The molecule has 0 spiro atoms. The molecule has 0 unspecified atom stereocenters. The van der Waals surface area contributed by atoms with Crippen LogP contribution in [0.2, 0.25) is 0 Å².